The average Bonchev–Trinajstić information content (AvgIpc) is 3.68. The summed E-state index contributed by atoms with van der Waals surface area (Å²) >= 11 is 0. The Hall–Kier alpha value is -3.63. The third-order valence-corrected chi connectivity index (χ3v) is 6.35. The number of amides is 1. The molecule has 1 saturated heterocycles. The van der Waals surface area contributed by atoms with Crippen molar-refractivity contribution in [2.75, 3.05) is 37.0 Å². The highest BCUT2D eigenvalue weighted by Crippen LogP contribution is 2.40. The number of morpholine rings is 1. The van der Waals surface area contributed by atoms with Crippen LogP contribution in [-0.2, 0) is 21.3 Å². The van der Waals surface area contributed by atoms with Crippen molar-refractivity contribution in [3.8, 4) is 11.4 Å². The summed E-state index contributed by atoms with van der Waals surface area (Å²) in [6.07, 6.45) is 4.34. The topological polar surface area (TPSA) is 111 Å². The van der Waals surface area contributed by atoms with E-state index in [1.807, 2.05) is 29.2 Å². The van der Waals surface area contributed by atoms with E-state index in [0.29, 0.717) is 42.7 Å². The number of rotatable bonds is 6. The molecule has 176 valence electrons. The van der Waals surface area contributed by atoms with Crippen molar-refractivity contribution in [3.05, 3.63) is 64.8 Å². The molecule has 0 unspecified atom stereocenters. The number of nitrogens with one attached hydrogen (secondary N) is 1. The van der Waals surface area contributed by atoms with Gasteiger partial charge in [0.2, 0.25) is 5.95 Å². The van der Waals surface area contributed by atoms with Crippen LogP contribution < -0.4 is 15.8 Å². The lowest BCUT2D eigenvalue weighted by molar-refractivity contribution is -0.128. The number of carbonyl (C=O) groups excluding carboxylic acids is 1. The Morgan fingerprint density at radius 3 is 2.68 bits per heavy atom. The second kappa shape index (κ2) is 8.96. The first-order chi connectivity index (χ1) is 16.5. The molecule has 1 aliphatic heterocycles. The summed E-state index contributed by atoms with van der Waals surface area (Å²) in [5.74, 6) is 0.450. The van der Waals surface area contributed by atoms with Crippen LogP contribution >= 0.6 is 0 Å². The zero-order chi connectivity index (χ0) is 23.7. The van der Waals surface area contributed by atoms with E-state index in [1.165, 1.54) is 17.0 Å². The number of ether oxygens (including phenoxy) is 2. The highest BCUT2D eigenvalue weighted by Gasteiger charge is 2.50. The molecule has 10 heteroatoms. The standard InChI is InChI=1S/C24H26N6O4/c1-29-21(31)13-19(18-7-10-25-15-26-18)28-23(29)30-11-12-34-20(14-30)16-3-5-17(6-4-16)27-22(32)24(33-2)8-9-24/h3-7,10,13,15,20H,8-9,11-12,14H2,1-2H3,(H,27,32)/t20-/m1/s1. The van der Waals surface area contributed by atoms with E-state index in [9.17, 15) is 9.59 Å². The van der Waals surface area contributed by atoms with Crippen molar-refractivity contribution >= 4 is 17.5 Å². The molecule has 5 rings (SSSR count). The maximum absolute atomic E-state index is 12.6. The van der Waals surface area contributed by atoms with Gasteiger partial charge in [-0.05, 0) is 36.6 Å². The Bertz CT molecular complexity index is 1240. The van der Waals surface area contributed by atoms with E-state index in [1.54, 1.807) is 26.4 Å². The number of aromatic nitrogens is 4. The summed E-state index contributed by atoms with van der Waals surface area (Å²) in [7, 11) is 3.28. The lowest BCUT2D eigenvalue weighted by Crippen LogP contribution is -2.41. The predicted molar refractivity (Wildman–Crippen MR) is 125 cm³/mol. The van der Waals surface area contributed by atoms with Gasteiger partial charge in [0.1, 0.15) is 18.0 Å². The van der Waals surface area contributed by atoms with Gasteiger partial charge in [-0.2, -0.15) is 0 Å². The first-order valence-electron chi connectivity index (χ1n) is 11.2. The van der Waals surface area contributed by atoms with Crippen LogP contribution in [0.5, 0.6) is 0 Å². The first kappa shape index (κ1) is 22.2. The smallest absolute Gasteiger partial charge is 0.256 e. The zero-order valence-electron chi connectivity index (χ0n) is 19.1. The van der Waals surface area contributed by atoms with Gasteiger partial charge in [-0.3, -0.25) is 14.2 Å². The van der Waals surface area contributed by atoms with Gasteiger partial charge in [-0.1, -0.05) is 12.1 Å². The number of nitrogens with zero attached hydrogens (tertiary/aromatic N) is 5. The second-order valence-electron chi connectivity index (χ2n) is 8.51. The Kier molecular flexibility index (Phi) is 5.84. The Balaban J connectivity index is 1.33. The Morgan fingerprint density at radius 1 is 1.21 bits per heavy atom. The molecule has 1 aromatic carbocycles. The monoisotopic (exact) mass is 462 g/mol. The van der Waals surface area contributed by atoms with E-state index in [2.05, 4.69) is 15.3 Å². The lowest BCUT2D eigenvalue weighted by Gasteiger charge is -2.34. The van der Waals surface area contributed by atoms with E-state index >= 15 is 0 Å². The number of hydrogen-bond donors (Lipinski definition) is 1. The molecule has 2 aliphatic rings. The van der Waals surface area contributed by atoms with E-state index in [-0.39, 0.29) is 17.6 Å². The molecular weight excluding hydrogens is 436 g/mol. The van der Waals surface area contributed by atoms with Crippen molar-refractivity contribution in [2.24, 2.45) is 7.05 Å². The summed E-state index contributed by atoms with van der Waals surface area (Å²) in [5.41, 5.74) is 1.96. The van der Waals surface area contributed by atoms with Crippen LogP contribution in [0.15, 0.2) is 53.7 Å². The second-order valence-corrected chi connectivity index (χ2v) is 8.51. The highest BCUT2D eigenvalue weighted by atomic mass is 16.5. The quantitative estimate of drug-likeness (QED) is 0.592. The van der Waals surface area contributed by atoms with Gasteiger partial charge < -0.3 is 19.7 Å². The van der Waals surface area contributed by atoms with Gasteiger partial charge in [-0.15, -0.1) is 0 Å². The molecule has 3 heterocycles. The molecule has 1 saturated carbocycles. The molecular formula is C24H26N6O4. The summed E-state index contributed by atoms with van der Waals surface area (Å²) in [6, 6.07) is 10.8. The molecule has 1 atom stereocenters. The fourth-order valence-corrected chi connectivity index (χ4v) is 4.08. The molecule has 10 nitrogen and oxygen atoms in total. The lowest BCUT2D eigenvalue weighted by atomic mass is 10.1. The molecule has 0 radical (unpaired) electrons. The van der Waals surface area contributed by atoms with E-state index < -0.39 is 5.60 Å². The van der Waals surface area contributed by atoms with Gasteiger partial charge in [0.05, 0.1) is 24.5 Å². The molecule has 1 N–H and O–H groups in total. The fourth-order valence-electron chi connectivity index (χ4n) is 4.08. The van der Waals surface area contributed by atoms with Crippen molar-refractivity contribution in [1.29, 1.82) is 0 Å². The summed E-state index contributed by atoms with van der Waals surface area (Å²) in [4.78, 5) is 39.9. The molecule has 2 fully saturated rings. The normalized spacial score (nSPS) is 19.0. The van der Waals surface area contributed by atoms with E-state index in [0.717, 1.165) is 18.4 Å². The SMILES string of the molecule is COC1(C(=O)Nc2ccc([C@H]3CN(c4nc(-c5ccncn5)cc(=O)n4C)CCO3)cc2)CC1. The maximum atomic E-state index is 12.6. The molecule has 1 amide bonds. The fraction of sp³-hybridized carbons (Fsp3) is 0.375. The van der Waals surface area contributed by atoms with Crippen LogP contribution in [0.4, 0.5) is 11.6 Å². The molecule has 0 bridgehead atoms. The van der Waals surface area contributed by atoms with Crippen LogP contribution in [0.2, 0.25) is 0 Å². The van der Waals surface area contributed by atoms with Crippen LogP contribution in [-0.4, -0.2) is 57.8 Å². The number of benzene rings is 1. The zero-order valence-corrected chi connectivity index (χ0v) is 19.1. The highest BCUT2D eigenvalue weighted by molar-refractivity contribution is 5.99. The Labute approximate surface area is 196 Å². The predicted octanol–water partition coefficient (Wildman–Crippen LogP) is 1.93. The summed E-state index contributed by atoms with van der Waals surface area (Å²) < 4.78 is 12.9. The third kappa shape index (κ3) is 4.29. The van der Waals surface area contributed by atoms with Crippen LogP contribution in [0.25, 0.3) is 11.4 Å². The number of anilines is 2. The van der Waals surface area contributed by atoms with Gasteiger partial charge in [0.25, 0.3) is 11.5 Å². The maximum Gasteiger partial charge on any atom is 0.256 e. The van der Waals surface area contributed by atoms with Gasteiger partial charge >= 0.3 is 0 Å². The number of methoxy groups -OCH3 is 1. The number of carbonyl (C=O) groups is 1. The van der Waals surface area contributed by atoms with Gasteiger partial charge in [0, 0.05) is 38.7 Å². The largest absolute Gasteiger partial charge is 0.370 e. The Morgan fingerprint density at radius 2 is 2.00 bits per heavy atom. The molecule has 0 spiro atoms. The first-order valence-corrected chi connectivity index (χ1v) is 11.2. The number of hydrogen-bond acceptors (Lipinski definition) is 8. The molecule has 2 aromatic heterocycles. The van der Waals surface area contributed by atoms with Crippen molar-refractivity contribution in [3.63, 3.8) is 0 Å². The van der Waals surface area contributed by atoms with Crippen LogP contribution in [0.1, 0.15) is 24.5 Å². The van der Waals surface area contributed by atoms with Crippen molar-refractivity contribution in [2.45, 2.75) is 24.5 Å². The molecule has 34 heavy (non-hydrogen) atoms. The minimum atomic E-state index is -0.672. The van der Waals surface area contributed by atoms with Crippen LogP contribution in [0, 0.1) is 0 Å². The minimum absolute atomic E-state index is 0.113. The van der Waals surface area contributed by atoms with Crippen LogP contribution in [0.3, 0.4) is 0 Å². The average molecular weight is 463 g/mol. The van der Waals surface area contributed by atoms with Crippen molar-refractivity contribution < 1.29 is 14.3 Å². The van der Waals surface area contributed by atoms with Crippen molar-refractivity contribution in [1.82, 2.24) is 19.5 Å². The summed E-state index contributed by atoms with van der Waals surface area (Å²) in [6.45, 7) is 1.64. The minimum Gasteiger partial charge on any atom is -0.370 e. The van der Waals surface area contributed by atoms with Gasteiger partial charge in [-0.25, -0.2) is 15.0 Å². The summed E-state index contributed by atoms with van der Waals surface area (Å²) in [5, 5.41) is 2.92. The van der Waals surface area contributed by atoms with Gasteiger partial charge in [0.15, 0.2) is 0 Å². The molecule has 1 aliphatic carbocycles. The third-order valence-electron chi connectivity index (χ3n) is 6.35. The van der Waals surface area contributed by atoms with E-state index in [4.69, 9.17) is 14.5 Å². The molecule has 3 aromatic rings.